The van der Waals surface area contributed by atoms with Crippen LogP contribution in [0.4, 0.5) is 0 Å². The fourth-order valence-corrected chi connectivity index (χ4v) is 2.51. The average Bonchev–Trinajstić information content (AvgIpc) is 2.56. The number of hydrogen-bond donors (Lipinski definition) is 0. The Morgan fingerprint density at radius 2 is 1.30 bits per heavy atom. The fourth-order valence-electron chi connectivity index (χ4n) is 2.51. The SMILES string of the molecule is CC(c1[c]cc[c]c1)(c1[c]cc[c]c1)c1ccccc1. The molecule has 0 heteroatoms. The van der Waals surface area contributed by atoms with Gasteiger partial charge in [0, 0.05) is 5.41 Å². The van der Waals surface area contributed by atoms with Gasteiger partial charge in [-0.3, -0.25) is 0 Å². The minimum absolute atomic E-state index is 0.295. The van der Waals surface area contributed by atoms with Crippen LogP contribution in [-0.4, -0.2) is 0 Å². The highest BCUT2D eigenvalue weighted by molar-refractivity contribution is 5.48. The number of rotatable bonds is 3. The van der Waals surface area contributed by atoms with Gasteiger partial charge in [-0.2, -0.15) is 0 Å². The Morgan fingerprint density at radius 1 is 0.750 bits per heavy atom. The van der Waals surface area contributed by atoms with E-state index in [1.54, 1.807) is 0 Å². The molecule has 3 aromatic rings. The molecule has 0 aliphatic heterocycles. The van der Waals surface area contributed by atoms with E-state index in [0.717, 1.165) is 11.1 Å². The van der Waals surface area contributed by atoms with Crippen LogP contribution >= 0.6 is 0 Å². The van der Waals surface area contributed by atoms with Crippen molar-refractivity contribution in [2.24, 2.45) is 0 Å². The van der Waals surface area contributed by atoms with Crippen molar-refractivity contribution in [2.45, 2.75) is 12.3 Å². The predicted octanol–water partition coefficient (Wildman–Crippen LogP) is 4.24. The van der Waals surface area contributed by atoms with Crippen molar-refractivity contribution in [3.63, 3.8) is 0 Å². The Morgan fingerprint density at radius 3 is 1.75 bits per heavy atom. The van der Waals surface area contributed by atoms with Crippen molar-refractivity contribution >= 4 is 0 Å². The van der Waals surface area contributed by atoms with E-state index in [9.17, 15) is 0 Å². The number of hydrogen-bond acceptors (Lipinski definition) is 0. The largest absolute Gasteiger partial charge is 0.0622 e. The summed E-state index contributed by atoms with van der Waals surface area (Å²) < 4.78 is 0. The van der Waals surface area contributed by atoms with Crippen molar-refractivity contribution in [3.8, 4) is 0 Å². The molecule has 0 aliphatic rings. The van der Waals surface area contributed by atoms with E-state index in [1.165, 1.54) is 5.56 Å². The topological polar surface area (TPSA) is 0 Å². The molecule has 3 rings (SSSR count). The minimum atomic E-state index is -0.295. The summed E-state index contributed by atoms with van der Waals surface area (Å²) in [6.45, 7) is 2.20. The van der Waals surface area contributed by atoms with Gasteiger partial charge in [-0.05, 0) is 60.0 Å². The summed E-state index contributed by atoms with van der Waals surface area (Å²) in [5, 5.41) is 0. The normalized spacial score (nSPS) is 11.2. The zero-order valence-electron chi connectivity index (χ0n) is 11.4. The second-order valence-electron chi connectivity index (χ2n) is 4.90. The minimum Gasteiger partial charge on any atom is -0.0622 e. The molecule has 0 fully saturated rings. The third kappa shape index (κ3) is 2.14. The second-order valence-corrected chi connectivity index (χ2v) is 4.90. The van der Waals surface area contributed by atoms with Crippen LogP contribution in [0.15, 0.2) is 66.7 Å². The molecule has 3 aromatic carbocycles. The van der Waals surface area contributed by atoms with Crippen molar-refractivity contribution in [3.05, 3.63) is 108 Å². The molecule has 4 radical (unpaired) electrons. The van der Waals surface area contributed by atoms with E-state index in [4.69, 9.17) is 0 Å². The molecule has 0 amide bonds. The molecule has 20 heavy (non-hydrogen) atoms. The second kappa shape index (κ2) is 5.34. The predicted molar refractivity (Wildman–Crippen MR) is 80.2 cm³/mol. The van der Waals surface area contributed by atoms with Crippen molar-refractivity contribution in [1.82, 2.24) is 0 Å². The lowest BCUT2D eigenvalue weighted by molar-refractivity contribution is 0.689. The Balaban J connectivity index is 2.24. The quantitative estimate of drug-likeness (QED) is 0.613. The highest BCUT2D eigenvalue weighted by Gasteiger charge is 2.30. The van der Waals surface area contributed by atoms with Gasteiger partial charge in [0.25, 0.3) is 0 Å². The van der Waals surface area contributed by atoms with Crippen LogP contribution in [0.2, 0.25) is 0 Å². The zero-order chi connectivity index (χ0) is 13.8. The van der Waals surface area contributed by atoms with Gasteiger partial charge in [0.2, 0.25) is 0 Å². The third-order valence-corrected chi connectivity index (χ3v) is 3.72. The van der Waals surface area contributed by atoms with E-state index in [2.05, 4.69) is 55.5 Å². The van der Waals surface area contributed by atoms with Crippen LogP contribution < -0.4 is 0 Å². The van der Waals surface area contributed by atoms with Gasteiger partial charge >= 0.3 is 0 Å². The maximum atomic E-state index is 3.34. The summed E-state index contributed by atoms with van der Waals surface area (Å²) in [5.74, 6) is 0. The maximum absolute atomic E-state index is 3.34. The van der Waals surface area contributed by atoms with Gasteiger partial charge in [0.05, 0.1) is 0 Å². The molecule has 0 saturated heterocycles. The van der Waals surface area contributed by atoms with Gasteiger partial charge in [0.1, 0.15) is 0 Å². The summed E-state index contributed by atoms with van der Waals surface area (Å²) in [6, 6.07) is 35.0. The van der Waals surface area contributed by atoms with Crippen molar-refractivity contribution in [1.29, 1.82) is 0 Å². The molecule has 0 aromatic heterocycles. The first-order valence-electron chi connectivity index (χ1n) is 6.64. The van der Waals surface area contributed by atoms with Gasteiger partial charge in [-0.25, -0.2) is 0 Å². The first-order chi connectivity index (χ1) is 9.82. The Bertz CT molecular complexity index is 558. The lowest BCUT2D eigenvalue weighted by atomic mass is 9.71. The summed E-state index contributed by atoms with van der Waals surface area (Å²) in [6.07, 6.45) is 0. The first kappa shape index (κ1) is 12.7. The smallest absolute Gasteiger partial charge is 0.0435 e. The molecule has 0 aliphatic carbocycles. The molecule has 0 atom stereocenters. The standard InChI is InChI=1S/C20H14/c1-20(17-11-5-2-6-12-17,18-13-7-3-8-14-18)19-15-9-4-10-16-19/h2-7,9,11-12,14,16H,1H3. The summed E-state index contributed by atoms with van der Waals surface area (Å²) in [7, 11) is 0. The van der Waals surface area contributed by atoms with Crippen LogP contribution in [0, 0.1) is 24.3 Å². The van der Waals surface area contributed by atoms with Gasteiger partial charge < -0.3 is 0 Å². The molecule has 0 spiro atoms. The fraction of sp³-hybridized carbons (Fsp3) is 0.100. The van der Waals surface area contributed by atoms with Crippen LogP contribution in [-0.2, 0) is 5.41 Å². The van der Waals surface area contributed by atoms with Crippen LogP contribution in [0.1, 0.15) is 23.6 Å². The molecule has 94 valence electrons. The van der Waals surface area contributed by atoms with E-state index < -0.39 is 0 Å². The monoisotopic (exact) mass is 254 g/mol. The maximum Gasteiger partial charge on any atom is 0.0435 e. The van der Waals surface area contributed by atoms with Gasteiger partial charge in [0.15, 0.2) is 0 Å². The molecule has 0 heterocycles. The van der Waals surface area contributed by atoms with Gasteiger partial charge in [-0.1, -0.05) is 54.6 Å². The van der Waals surface area contributed by atoms with Crippen molar-refractivity contribution < 1.29 is 0 Å². The highest BCUT2D eigenvalue weighted by Crippen LogP contribution is 2.37. The first-order valence-corrected chi connectivity index (χ1v) is 6.64. The molecular formula is C20H14. The summed E-state index contributed by atoms with van der Waals surface area (Å²) >= 11 is 0. The van der Waals surface area contributed by atoms with Crippen LogP contribution in [0.25, 0.3) is 0 Å². The molecule has 0 bridgehead atoms. The third-order valence-electron chi connectivity index (χ3n) is 3.72. The Labute approximate surface area is 120 Å². The average molecular weight is 254 g/mol. The number of benzene rings is 3. The lowest BCUT2D eigenvalue weighted by Crippen LogP contribution is -2.25. The molecule has 0 N–H and O–H groups in total. The van der Waals surface area contributed by atoms with E-state index in [0.29, 0.717) is 0 Å². The Kier molecular flexibility index (Phi) is 3.39. The molecule has 0 unspecified atom stereocenters. The Hall–Kier alpha value is -2.34. The van der Waals surface area contributed by atoms with Gasteiger partial charge in [-0.15, -0.1) is 0 Å². The van der Waals surface area contributed by atoms with E-state index in [1.807, 2.05) is 42.5 Å². The highest BCUT2D eigenvalue weighted by atomic mass is 14.3. The van der Waals surface area contributed by atoms with E-state index >= 15 is 0 Å². The lowest BCUT2D eigenvalue weighted by Gasteiger charge is -2.31. The zero-order valence-corrected chi connectivity index (χ0v) is 11.4. The van der Waals surface area contributed by atoms with Crippen LogP contribution in [0.3, 0.4) is 0 Å². The van der Waals surface area contributed by atoms with Crippen molar-refractivity contribution in [2.75, 3.05) is 0 Å². The molecule has 0 nitrogen and oxygen atoms in total. The van der Waals surface area contributed by atoms with Crippen LogP contribution in [0.5, 0.6) is 0 Å². The van der Waals surface area contributed by atoms with E-state index in [-0.39, 0.29) is 5.41 Å². The molecule has 0 saturated carbocycles. The molecular weight excluding hydrogens is 240 g/mol. The summed E-state index contributed by atoms with van der Waals surface area (Å²) in [4.78, 5) is 0. The summed E-state index contributed by atoms with van der Waals surface area (Å²) in [5.41, 5.74) is 3.09.